The van der Waals surface area contributed by atoms with Gasteiger partial charge in [-0.15, -0.1) is 0 Å². The van der Waals surface area contributed by atoms with Crippen molar-refractivity contribution >= 4 is 34.1 Å². The lowest BCUT2D eigenvalue weighted by Crippen LogP contribution is -2.14. The maximum Gasteiger partial charge on any atom is 0.228 e. The Balaban J connectivity index is 1.59. The Morgan fingerprint density at radius 1 is 1.10 bits per heavy atom. The second kappa shape index (κ2) is 7.54. The van der Waals surface area contributed by atoms with Crippen LogP contribution in [0.5, 0.6) is 0 Å². The molecule has 4 heterocycles. The molecule has 156 valence electrons. The maximum atomic E-state index is 12.2. The van der Waals surface area contributed by atoms with Gasteiger partial charge in [-0.25, -0.2) is 14.5 Å². The van der Waals surface area contributed by atoms with Crippen molar-refractivity contribution in [3.8, 4) is 11.1 Å². The van der Waals surface area contributed by atoms with Gasteiger partial charge in [0.15, 0.2) is 11.4 Å². The number of aromatic nitrogens is 5. The summed E-state index contributed by atoms with van der Waals surface area (Å²) < 4.78 is 1.74. The highest BCUT2D eigenvalue weighted by molar-refractivity contribution is 5.97. The Labute approximate surface area is 178 Å². The molecule has 1 N–H and O–H groups in total. The van der Waals surface area contributed by atoms with Crippen LogP contribution < -0.4 is 5.32 Å². The van der Waals surface area contributed by atoms with E-state index in [0.29, 0.717) is 23.6 Å². The number of aryl methyl sites for hydroxylation is 1. The predicted molar refractivity (Wildman–Crippen MR) is 117 cm³/mol. The molecule has 0 spiro atoms. The van der Waals surface area contributed by atoms with Gasteiger partial charge in [-0.1, -0.05) is 6.92 Å². The first-order valence-electron chi connectivity index (χ1n) is 10.5. The summed E-state index contributed by atoms with van der Waals surface area (Å²) in [6, 6.07) is 5.65. The Hall–Kier alpha value is -3.68. The number of hydrogen-bond donors (Lipinski definition) is 1. The van der Waals surface area contributed by atoms with Crippen LogP contribution in [0.2, 0.25) is 0 Å². The molecule has 0 saturated heterocycles. The number of anilines is 1. The minimum absolute atomic E-state index is 0.0118. The Bertz CT molecular complexity index is 1340. The topological polar surface area (TPSA) is 102 Å². The lowest BCUT2D eigenvalue weighted by Gasteiger charge is -2.11. The SMILES string of the molecule is CCCC(=O)c1cc(C)c(-c2cc3cnc(NC(=O)C4CC4)cc3n3ncnc23)cn1. The van der Waals surface area contributed by atoms with Gasteiger partial charge in [-0.3, -0.25) is 14.6 Å². The van der Waals surface area contributed by atoms with Gasteiger partial charge in [0, 0.05) is 47.3 Å². The summed E-state index contributed by atoms with van der Waals surface area (Å²) in [5, 5.41) is 8.14. The molecular weight excluding hydrogens is 392 g/mol. The molecule has 31 heavy (non-hydrogen) atoms. The molecule has 8 nitrogen and oxygen atoms in total. The van der Waals surface area contributed by atoms with Crippen molar-refractivity contribution < 1.29 is 9.59 Å². The third kappa shape index (κ3) is 3.54. The van der Waals surface area contributed by atoms with Crippen molar-refractivity contribution in [2.75, 3.05) is 5.32 Å². The number of fused-ring (bicyclic) bond motifs is 3. The number of hydrogen-bond acceptors (Lipinski definition) is 6. The Morgan fingerprint density at radius 2 is 1.94 bits per heavy atom. The fourth-order valence-electron chi connectivity index (χ4n) is 3.76. The minimum atomic E-state index is 0.0118. The van der Waals surface area contributed by atoms with Crippen LogP contribution in [0.4, 0.5) is 5.82 Å². The first-order chi connectivity index (χ1) is 15.0. The molecule has 0 aliphatic heterocycles. The first-order valence-corrected chi connectivity index (χ1v) is 10.5. The van der Waals surface area contributed by atoms with Crippen molar-refractivity contribution in [2.45, 2.75) is 39.5 Å². The number of Topliss-reactive ketones (excluding diaryl/α,β-unsaturated/α-hetero) is 1. The van der Waals surface area contributed by atoms with E-state index in [1.165, 1.54) is 6.33 Å². The van der Waals surface area contributed by atoms with E-state index in [-0.39, 0.29) is 17.6 Å². The molecule has 8 heteroatoms. The van der Waals surface area contributed by atoms with Gasteiger partial charge >= 0.3 is 0 Å². The number of amides is 1. The molecule has 1 amide bonds. The fraction of sp³-hybridized carbons (Fsp3) is 0.304. The number of pyridine rings is 3. The molecule has 4 aromatic heterocycles. The summed E-state index contributed by atoms with van der Waals surface area (Å²) in [6.45, 7) is 3.94. The molecule has 0 bridgehead atoms. The Morgan fingerprint density at radius 3 is 2.68 bits per heavy atom. The summed E-state index contributed by atoms with van der Waals surface area (Å²) in [5.74, 6) is 0.672. The highest BCUT2D eigenvalue weighted by Crippen LogP contribution is 2.32. The first kappa shape index (κ1) is 19.3. The molecule has 0 aromatic carbocycles. The van der Waals surface area contributed by atoms with Crippen LogP contribution >= 0.6 is 0 Å². The van der Waals surface area contributed by atoms with Crippen molar-refractivity contribution in [1.29, 1.82) is 0 Å². The van der Waals surface area contributed by atoms with Gasteiger partial charge in [-0.05, 0) is 43.9 Å². The van der Waals surface area contributed by atoms with E-state index in [4.69, 9.17) is 0 Å². The minimum Gasteiger partial charge on any atom is -0.310 e. The summed E-state index contributed by atoms with van der Waals surface area (Å²) in [7, 11) is 0. The Kier molecular flexibility index (Phi) is 4.69. The van der Waals surface area contributed by atoms with Crippen molar-refractivity contribution in [3.63, 3.8) is 0 Å². The van der Waals surface area contributed by atoms with Crippen molar-refractivity contribution in [1.82, 2.24) is 24.6 Å². The lowest BCUT2D eigenvalue weighted by molar-refractivity contribution is -0.117. The number of ketones is 1. The third-order valence-corrected chi connectivity index (χ3v) is 5.59. The zero-order valence-electron chi connectivity index (χ0n) is 17.4. The van der Waals surface area contributed by atoms with Crippen LogP contribution in [0.25, 0.3) is 27.7 Å². The summed E-state index contributed by atoms with van der Waals surface area (Å²) in [5.41, 5.74) is 4.66. The molecule has 0 unspecified atom stereocenters. The van der Waals surface area contributed by atoms with Crippen LogP contribution in [0, 0.1) is 12.8 Å². The van der Waals surface area contributed by atoms with Gasteiger partial charge < -0.3 is 5.32 Å². The van der Waals surface area contributed by atoms with Gasteiger partial charge in [-0.2, -0.15) is 5.10 Å². The van der Waals surface area contributed by atoms with Crippen LogP contribution in [0.1, 0.15) is 48.7 Å². The molecule has 0 radical (unpaired) electrons. The molecule has 0 atom stereocenters. The van der Waals surface area contributed by atoms with Crippen LogP contribution in [-0.4, -0.2) is 36.3 Å². The second-order valence-corrected chi connectivity index (χ2v) is 8.00. The summed E-state index contributed by atoms with van der Waals surface area (Å²) in [6.07, 6.45) is 8.11. The average Bonchev–Trinajstić information content (AvgIpc) is 3.50. The number of carbonyl (C=O) groups is 2. The third-order valence-electron chi connectivity index (χ3n) is 5.59. The average molecular weight is 414 g/mol. The highest BCUT2D eigenvalue weighted by atomic mass is 16.2. The van der Waals surface area contributed by atoms with Crippen LogP contribution in [0.3, 0.4) is 0 Å². The molecule has 4 aromatic rings. The quantitative estimate of drug-likeness (QED) is 0.479. The van der Waals surface area contributed by atoms with E-state index >= 15 is 0 Å². The van der Waals surface area contributed by atoms with E-state index in [1.54, 1.807) is 16.9 Å². The number of nitrogens with one attached hydrogen (secondary N) is 1. The number of rotatable bonds is 6. The molecule has 5 rings (SSSR count). The van der Waals surface area contributed by atoms with Crippen molar-refractivity contribution in [3.05, 3.63) is 48.2 Å². The van der Waals surface area contributed by atoms with Crippen LogP contribution in [-0.2, 0) is 4.79 Å². The van der Waals surface area contributed by atoms with Gasteiger partial charge in [0.2, 0.25) is 5.91 Å². The normalized spacial score (nSPS) is 13.6. The highest BCUT2D eigenvalue weighted by Gasteiger charge is 2.29. The van der Waals surface area contributed by atoms with E-state index in [9.17, 15) is 9.59 Å². The van der Waals surface area contributed by atoms with Crippen molar-refractivity contribution in [2.24, 2.45) is 5.92 Å². The monoisotopic (exact) mass is 414 g/mol. The predicted octanol–water partition coefficient (Wildman–Crippen LogP) is 3.98. The lowest BCUT2D eigenvalue weighted by atomic mass is 10.0. The second-order valence-electron chi connectivity index (χ2n) is 8.00. The molecule has 1 aliphatic rings. The maximum absolute atomic E-state index is 12.2. The van der Waals surface area contributed by atoms with E-state index in [2.05, 4.69) is 25.4 Å². The zero-order valence-corrected chi connectivity index (χ0v) is 17.4. The van der Waals surface area contributed by atoms with E-state index in [1.807, 2.05) is 32.0 Å². The van der Waals surface area contributed by atoms with Gasteiger partial charge in [0.05, 0.1) is 5.52 Å². The summed E-state index contributed by atoms with van der Waals surface area (Å²) in [4.78, 5) is 37.6. The molecule has 1 aliphatic carbocycles. The number of carbonyl (C=O) groups excluding carboxylic acids is 2. The smallest absolute Gasteiger partial charge is 0.228 e. The van der Waals surface area contributed by atoms with Gasteiger partial charge in [0.1, 0.15) is 17.8 Å². The fourth-order valence-corrected chi connectivity index (χ4v) is 3.76. The van der Waals surface area contributed by atoms with E-state index in [0.717, 1.165) is 46.9 Å². The van der Waals surface area contributed by atoms with E-state index < -0.39 is 0 Å². The molecule has 1 saturated carbocycles. The molecule has 1 fully saturated rings. The molecular formula is C23H22N6O2. The number of nitrogens with zero attached hydrogens (tertiary/aromatic N) is 5. The largest absolute Gasteiger partial charge is 0.310 e. The van der Waals surface area contributed by atoms with Gasteiger partial charge in [0.25, 0.3) is 0 Å². The zero-order chi connectivity index (χ0) is 21.5. The summed E-state index contributed by atoms with van der Waals surface area (Å²) >= 11 is 0. The standard InChI is InChI=1S/C23H22N6O2/c1-3-4-20(30)18-7-13(2)17(11-24-18)16-8-15-10-25-21(28-23(31)14-5-6-14)9-19(15)29-22(16)26-12-27-29/h7-12,14H,3-6H2,1-2H3,(H,25,28,31). The van der Waals surface area contributed by atoms with Crippen LogP contribution in [0.15, 0.2) is 36.9 Å².